The van der Waals surface area contributed by atoms with Crippen LogP contribution in [0.4, 0.5) is 10.5 Å². The van der Waals surface area contributed by atoms with Crippen LogP contribution in [0.5, 0.6) is 0 Å². The molecule has 7 nitrogen and oxygen atoms in total. The molecule has 8 heteroatoms. The van der Waals surface area contributed by atoms with E-state index in [9.17, 15) is 14.4 Å². The fraction of sp³-hybridized carbons (Fsp3) is 0.438. The maximum Gasteiger partial charge on any atom is 0.317 e. The number of benzene rings is 1. The van der Waals surface area contributed by atoms with E-state index in [1.807, 2.05) is 25.1 Å². The maximum absolute atomic E-state index is 12.5. The molecule has 0 saturated carbocycles. The zero-order valence-corrected chi connectivity index (χ0v) is 15.2. The van der Waals surface area contributed by atoms with E-state index < -0.39 is 18.0 Å². The van der Waals surface area contributed by atoms with Gasteiger partial charge in [0.05, 0.1) is 6.42 Å². The van der Waals surface area contributed by atoms with Crippen LogP contribution >= 0.6 is 15.9 Å². The van der Waals surface area contributed by atoms with Crippen LogP contribution < -0.4 is 10.2 Å². The molecule has 0 aliphatic carbocycles. The fourth-order valence-corrected chi connectivity index (χ4v) is 2.74. The predicted octanol–water partition coefficient (Wildman–Crippen LogP) is 1.98. The van der Waals surface area contributed by atoms with Crippen molar-refractivity contribution in [2.75, 3.05) is 25.0 Å². The molecule has 3 amide bonds. The van der Waals surface area contributed by atoms with Gasteiger partial charge in [-0.1, -0.05) is 15.9 Å². The van der Waals surface area contributed by atoms with Gasteiger partial charge in [0, 0.05) is 30.3 Å². The summed E-state index contributed by atoms with van der Waals surface area (Å²) in [6.07, 6.45) is 0.388. The highest BCUT2D eigenvalue weighted by molar-refractivity contribution is 9.10. The van der Waals surface area contributed by atoms with Gasteiger partial charge in [0.2, 0.25) is 5.91 Å². The summed E-state index contributed by atoms with van der Waals surface area (Å²) in [6.45, 7) is 2.58. The van der Waals surface area contributed by atoms with Crippen LogP contribution in [0, 0.1) is 6.92 Å². The first-order valence-electron chi connectivity index (χ1n) is 7.60. The average molecular weight is 398 g/mol. The van der Waals surface area contributed by atoms with Crippen molar-refractivity contribution in [2.45, 2.75) is 25.8 Å². The van der Waals surface area contributed by atoms with Crippen molar-refractivity contribution < 1.29 is 19.5 Å². The predicted molar refractivity (Wildman–Crippen MR) is 93.1 cm³/mol. The Hall–Kier alpha value is -2.09. The first-order chi connectivity index (χ1) is 11.3. The number of hydrogen-bond donors (Lipinski definition) is 2. The van der Waals surface area contributed by atoms with Gasteiger partial charge < -0.3 is 20.2 Å². The molecule has 1 fully saturated rings. The molecule has 1 heterocycles. The van der Waals surface area contributed by atoms with Crippen molar-refractivity contribution in [3.05, 3.63) is 28.2 Å². The smallest absolute Gasteiger partial charge is 0.317 e. The molecule has 1 aliphatic heterocycles. The van der Waals surface area contributed by atoms with Crippen LogP contribution in [0.15, 0.2) is 22.7 Å². The van der Waals surface area contributed by atoms with Crippen molar-refractivity contribution in [3.63, 3.8) is 0 Å². The molecule has 1 aromatic rings. The molecule has 1 saturated heterocycles. The number of aryl methyl sites for hydroxylation is 1. The number of urea groups is 1. The third-order valence-corrected chi connectivity index (χ3v) is 4.85. The zero-order chi connectivity index (χ0) is 17.9. The number of nitrogens with one attached hydrogen (secondary N) is 1. The molecule has 0 spiro atoms. The molecule has 24 heavy (non-hydrogen) atoms. The van der Waals surface area contributed by atoms with Crippen LogP contribution in [-0.4, -0.2) is 54.1 Å². The van der Waals surface area contributed by atoms with E-state index in [1.165, 1.54) is 11.9 Å². The molecular weight excluding hydrogens is 378 g/mol. The number of carboxylic acid groups (broad SMARTS) is 1. The lowest BCUT2D eigenvalue weighted by atomic mass is 10.2. The van der Waals surface area contributed by atoms with Gasteiger partial charge in [0.1, 0.15) is 6.04 Å². The number of nitrogens with zero attached hydrogens (tertiary/aromatic N) is 2. The molecule has 1 atom stereocenters. The van der Waals surface area contributed by atoms with Crippen LogP contribution in [0.2, 0.25) is 0 Å². The maximum atomic E-state index is 12.5. The van der Waals surface area contributed by atoms with E-state index >= 15 is 0 Å². The van der Waals surface area contributed by atoms with E-state index in [0.29, 0.717) is 13.0 Å². The molecule has 0 radical (unpaired) electrons. The minimum atomic E-state index is -0.969. The van der Waals surface area contributed by atoms with Crippen molar-refractivity contribution in [2.24, 2.45) is 0 Å². The lowest BCUT2D eigenvalue weighted by Crippen LogP contribution is -2.47. The number of carboxylic acids is 1. The Morgan fingerprint density at radius 3 is 2.79 bits per heavy atom. The largest absolute Gasteiger partial charge is 0.481 e. The molecule has 0 bridgehead atoms. The Bertz CT molecular complexity index is 665. The quantitative estimate of drug-likeness (QED) is 0.794. The summed E-state index contributed by atoms with van der Waals surface area (Å²) in [5.41, 5.74) is 1.83. The molecule has 130 valence electrons. The number of aliphatic carboxylic acids is 1. The number of halogens is 1. The highest BCUT2D eigenvalue weighted by atomic mass is 79.9. The molecule has 1 aliphatic rings. The molecular formula is C16H20BrN3O4. The summed E-state index contributed by atoms with van der Waals surface area (Å²) >= 11 is 3.43. The van der Waals surface area contributed by atoms with Gasteiger partial charge in [0.25, 0.3) is 0 Å². The number of amides is 3. The number of rotatable bonds is 5. The second-order valence-corrected chi connectivity index (χ2v) is 6.63. The number of hydrogen-bond acceptors (Lipinski definition) is 3. The average Bonchev–Trinajstić information content (AvgIpc) is 2.88. The third-order valence-electron chi connectivity index (χ3n) is 3.96. The highest BCUT2D eigenvalue weighted by Crippen LogP contribution is 2.26. The molecule has 2 N–H and O–H groups in total. The van der Waals surface area contributed by atoms with Crippen LogP contribution in [0.3, 0.4) is 0 Å². The minimum Gasteiger partial charge on any atom is -0.481 e. The van der Waals surface area contributed by atoms with Crippen LogP contribution in [0.25, 0.3) is 0 Å². The standard InChI is InChI=1S/C16H20BrN3O4/c1-10-9-11(3-4-12(10)17)20-8-5-13(15(20)23)18-16(24)19(2)7-6-14(21)22/h3-4,9,13H,5-8H2,1-2H3,(H,18,24)(H,21,22). The zero-order valence-electron chi connectivity index (χ0n) is 13.6. The molecule has 1 aromatic carbocycles. The van der Waals surface area contributed by atoms with Crippen molar-refractivity contribution in [3.8, 4) is 0 Å². The first kappa shape index (κ1) is 18.3. The Morgan fingerprint density at radius 1 is 1.46 bits per heavy atom. The number of carbonyl (C=O) groups excluding carboxylic acids is 2. The monoisotopic (exact) mass is 397 g/mol. The van der Waals surface area contributed by atoms with E-state index in [0.717, 1.165) is 15.7 Å². The lowest BCUT2D eigenvalue weighted by molar-refractivity contribution is -0.137. The lowest BCUT2D eigenvalue weighted by Gasteiger charge is -2.21. The summed E-state index contributed by atoms with van der Waals surface area (Å²) in [4.78, 5) is 38.0. The Kier molecular flexibility index (Phi) is 5.82. The van der Waals surface area contributed by atoms with E-state index in [1.54, 1.807) is 4.90 Å². The summed E-state index contributed by atoms with van der Waals surface area (Å²) in [5.74, 6) is -1.12. The van der Waals surface area contributed by atoms with E-state index in [2.05, 4.69) is 21.2 Å². The molecule has 0 aromatic heterocycles. The van der Waals surface area contributed by atoms with E-state index in [-0.39, 0.29) is 18.9 Å². The Labute approximate surface area is 148 Å². The summed E-state index contributed by atoms with van der Waals surface area (Å²) < 4.78 is 0.975. The van der Waals surface area contributed by atoms with E-state index in [4.69, 9.17) is 5.11 Å². The van der Waals surface area contributed by atoms with Gasteiger partial charge >= 0.3 is 12.0 Å². The summed E-state index contributed by atoms with van der Waals surface area (Å²) in [7, 11) is 1.51. The number of anilines is 1. The fourth-order valence-electron chi connectivity index (χ4n) is 2.49. The minimum absolute atomic E-state index is 0.0949. The third kappa shape index (κ3) is 4.25. The van der Waals surface area contributed by atoms with Gasteiger partial charge in [0.15, 0.2) is 0 Å². The topological polar surface area (TPSA) is 90.0 Å². The second kappa shape index (κ2) is 7.65. The first-order valence-corrected chi connectivity index (χ1v) is 8.40. The highest BCUT2D eigenvalue weighted by Gasteiger charge is 2.34. The van der Waals surface area contributed by atoms with Gasteiger partial charge in [-0.3, -0.25) is 9.59 Å². The Balaban J connectivity index is 1.97. The SMILES string of the molecule is Cc1cc(N2CCC(NC(=O)N(C)CCC(=O)O)C2=O)ccc1Br. The van der Waals surface area contributed by atoms with Gasteiger partial charge in [-0.15, -0.1) is 0 Å². The van der Waals surface area contributed by atoms with Gasteiger partial charge in [-0.05, 0) is 37.1 Å². The molecule has 1 unspecified atom stereocenters. The molecule has 2 rings (SSSR count). The number of carbonyl (C=O) groups is 3. The van der Waals surface area contributed by atoms with Crippen LogP contribution in [-0.2, 0) is 9.59 Å². The Morgan fingerprint density at radius 2 is 2.17 bits per heavy atom. The second-order valence-electron chi connectivity index (χ2n) is 5.78. The summed E-state index contributed by atoms with van der Waals surface area (Å²) in [5, 5.41) is 11.3. The summed E-state index contributed by atoms with van der Waals surface area (Å²) in [6, 6.07) is 4.64. The van der Waals surface area contributed by atoms with Crippen molar-refractivity contribution in [1.82, 2.24) is 10.2 Å². The van der Waals surface area contributed by atoms with Gasteiger partial charge in [-0.25, -0.2) is 4.79 Å². The normalized spacial score (nSPS) is 17.0. The van der Waals surface area contributed by atoms with Crippen molar-refractivity contribution in [1.29, 1.82) is 0 Å². The van der Waals surface area contributed by atoms with Gasteiger partial charge in [-0.2, -0.15) is 0 Å². The van der Waals surface area contributed by atoms with Crippen molar-refractivity contribution >= 4 is 39.5 Å². The van der Waals surface area contributed by atoms with Crippen LogP contribution in [0.1, 0.15) is 18.4 Å².